The lowest BCUT2D eigenvalue weighted by molar-refractivity contribution is -0.133. The summed E-state index contributed by atoms with van der Waals surface area (Å²) >= 11 is 0. The molecule has 0 radical (unpaired) electrons. The molecule has 188 valence electrons. The van der Waals surface area contributed by atoms with Crippen molar-refractivity contribution in [2.24, 2.45) is 39.4 Å². The summed E-state index contributed by atoms with van der Waals surface area (Å²) in [6, 6.07) is 0. The van der Waals surface area contributed by atoms with E-state index in [0.717, 1.165) is 38.5 Å². The van der Waals surface area contributed by atoms with Gasteiger partial charge < -0.3 is 10.2 Å². The van der Waals surface area contributed by atoms with Crippen molar-refractivity contribution >= 4 is 11.8 Å². The van der Waals surface area contributed by atoms with Crippen LogP contribution < -0.4 is 0 Å². The van der Waals surface area contributed by atoms with Crippen LogP contribution in [0.4, 0.5) is 0 Å². The van der Waals surface area contributed by atoms with Crippen molar-refractivity contribution in [3.63, 3.8) is 0 Å². The van der Waals surface area contributed by atoms with E-state index >= 15 is 0 Å². The number of aliphatic hydroxyl groups excluding tert-OH is 1. The molecule has 4 aliphatic rings. The smallest absolute Gasteiger partial charge is 0.331 e. The van der Waals surface area contributed by atoms with Gasteiger partial charge in [-0.05, 0) is 85.5 Å². The summed E-state index contributed by atoms with van der Waals surface area (Å²) in [6.45, 7) is 15.4. The minimum Gasteiger partial charge on any atom is -0.478 e. The van der Waals surface area contributed by atoms with Crippen molar-refractivity contribution < 1.29 is 19.8 Å². The molecule has 7 atom stereocenters. The molecule has 0 saturated heterocycles. The van der Waals surface area contributed by atoms with Crippen LogP contribution in [0.1, 0.15) is 93.4 Å². The number of aliphatic carboxylic acids is 1. The Morgan fingerprint density at radius 1 is 1.09 bits per heavy atom. The molecule has 2 N–H and O–H groups in total. The Kier molecular flexibility index (Phi) is 6.12. The van der Waals surface area contributed by atoms with Crippen LogP contribution in [0.25, 0.3) is 0 Å². The largest absolute Gasteiger partial charge is 0.478 e. The third-order valence-corrected chi connectivity index (χ3v) is 11.1. The van der Waals surface area contributed by atoms with Crippen LogP contribution in [0.2, 0.25) is 0 Å². The van der Waals surface area contributed by atoms with Crippen molar-refractivity contribution in [2.75, 3.05) is 0 Å². The number of carboxylic acid groups (broad SMARTS) is 1. The molecule has 0 aromatic carbocycles. The maximum absolute atomic E-state index is 12.6. The summed E-state index contributed by atoms with van der Waals surface area (Å²) in [5.41, 5.74) is 3.34. The lowest BCUT2D eigenvalue weighted by atomic mass is 9.44. The second kappa shape index (κ2) is 8.18. The molecule has 0 aromatic heterocycles. The number of aliphatic hydroxyl groups is 1. The van der Waals surface area contributed by atoms with Gasteiger partial charge in [-0.15, -0.1) is 0 Å². The molecule has 0 aliphatic heterocycles. The average molecular weight is 469 g/mol. The SMILES string of the molecule is CC(=CC(=O)CC(C)C1(C)CCC2(C)C3=CCC4C(C)(C)C(O)CCC4(C)C3CC=C21)C(=O)O. The number of rotatable bonds is 5. The van der Waals surface area contributed by atoms with Crippen molar-refractivity contribution in [1.82, 2.24) is 0 Å². The fourth-order valence-electron chi connectivity index (χ4n) is 8.62. The monoisotopic (exact) mass is 468 g/mol. The third-order valence-electron chi connectivity index (χ3n) is 11.1. The van der Waals surface area contributed by atoms with Crippen molar-refractivity contribution in [1.29, 1.82) is 0 Å². The van der Waals surface area contributed by atoms with Crippen LogP contribution in [-0.2, 0) is 9.59 Å². The van der Waals surface area contributed by atoms with Gasteiger partial charge in [-0.1, -0.05) is 64.8 Å². The van der Waals surface area contributed by atoms with Gasteiger partial charge in [0.2, 0.25) is 0 Å². The Hall–Kier alpha value is -1.68. The quantitative estimate of drug-likeness (QED) is 0.357. The van der Waals surface area contributed by atoms with E-state index in [-0.39, 0.29) is 45.0 Å². The van der Waals surface area contributed by atoms with Crippen LogP contribution in [-0.4, -0.2) is 28.1 Å². The van der Waals surface area contributed by atoms with Gasteiger partial charge in [0.05, 0.1) is 6.10 Å². The zero-order valence-corrected chi connectivity index (χ0v) is 22.2. The van der Waals surface area contributed by atoms with Gasteiger partial charge in [0, 0.05) is 17.4 Å². The minimum atomic E-state index is -1.03. The Bertz CT molecular complexity index is 984. The van der Waals surface area contributed by atoms with E-state index in [4.69, 9.17) is 5.11 Å². The first-order valence-corrected chi connectivity index (χ1v) is 13.2. The molecule has 4 rings (SSSR count). The number of hydrogen-bond donors (Lipinski definition) is 2. The predicted molar refractivity (Wildman–Crippen MR) is 135 cm³/mol. The fourth-order valence-corrected chi connectivity index (χ4v) is 8.62. The molecule has 0 aromatic rings. The summed E-state index contributed by atoms with van der Waals surface area (Å²) in [7, 11) is 0. The van der Waals surface area contributed by atoms with Gasteiger partial charge in [-0.2, -0.15) is 0 Å². The number of carbonyl (C=O) groups is 2. The summed E-state index contributed by atoms with van der Waals surface area (Å²) < 4.78 is 0. The lowest BCUT2D eigenvalue weighted by Gasteiger charge is -2.61. The standard InChI is InChI=1S/C30H44O4/c1-18(26(33)34)16-20(31)17-19(2)28(5)14-15-30(7)22-8-10-23-27(3,4)25(32)12-13-29(23,6)21(22)9-11-24(28)30/h8,11,16,19,21,23,25,32H,9-10,12-15,17H2,1-7H3,(H,33,34). The highest BCUT2D eigenvalue weighted by molar-refractivity contribution is 5.98. The van der Waals surface area contributed by atoms with Crippen molar-refractivity contribution in [3.8, 4) is 0 Å². The fraction of sp³-hybridized carbons (Fsp3) is 0.733. The normalized spacial score (nSPS) is 42.0. The number of hydrogen-bond acceptors (Lipinski definition) is 3. The molecule has 4 heteroatoms. The number of allylic oxidation sites excluding steroid dienone is 5. The van der Waals surface area contributed by atoms with Crippen molar-refractivity contribution in [3.05, 3.63) is 34.9 Å². The number of carboxylic acids is 1. The molecule has 7 unspecified atom stereocenters. The van der Waals surface area contributed by atoms with E-state index in [1.165, 1.54) is 18.6 Å². The predicted octanol–water partition coefficient (Wildman–Crippen LogP) is 6.50. The van der Waals surface area contributed by atoms with E-state index in [2.05, 4.69) is 53.7 Å². The summed E-state index contributed by atoms with van der Waals surface area (Å²) in [5.74, 6) is 0.0403. The van der Waals surface area contributed by atoms with E-state index in [9.17, 15) is 14.7 Å². The topological polar surface area (TPSA) is 74.6 Å². The van der Waals surface area contributed by atoms with Gasteiger partial charge in [0.15, 0.2) is 5.78 Å². The van der Waals surface area contributed by atoms with Crippen LogP contribution in [0.15, 0.2) is 34.9 Å². The van der Waals surface area contributed by atoms with Crippen LogP contribution in [0.3, 0.4) is 0 Å². The molecule has 0 amide bonds. The minimum absolute atomic E-state index is 0.0377. The number of carbonyl (C=O) groups excluding carboxylic acids is 1. The third kappa shape index (κ3) is 3.58. The average Bonchev–Trinajstić information content (AvgIpc) is 3.03. The van der Waals surface area contributed by atoms with E-state index < -0.39 is 5.97 Å². The molecular weight excluding hydrogens is 424 g/mol. The Morgan fingerprint density at radius 2 is 1.76 bits per heavy atom. The second-order valence-electron chi connectivity index (χ2n) is 13.2. The lowest BCUT2D eigenvalue weighted by Crippen LogP contribution is -2.55. The molecule has 4 nitrogen and oxygen atoms in total. The molecule has 0 spiro atoms. The van der Waals surface area contributed by atoms with E-state index in [0.29, 0.717) is 18.3 Å². The Balaban J connectivity index is 1.63. The van der Waals surface area contributed by atoms with E-state index in [1.807, 2.05) is 0 Å². The van der Waals surface area contributed by atoms with Crippen molar-refractivity contribution in [2.45, 2.75) is 99.5 Å². The molecule has 2 saturated carbocycles. The maximum Gasteiger partial charge on any atom is 0.331 e. The highest BCUT2D eigenvalue weighted by Crippen LogP contribution is 2.70. The zero-order valence-electron chi connectivity index (χ0n) is 22.2. The van der Waals surface area contributed by atoms with Crippen LogP contribution in [0, 0.1) is 39.4 Å². The van der Waals surface area contributed by atoms with E-state index in [1.54, 1.807) is 5.57 Å². The highest BCUT2D eigenvalue weighted by atomic mass is 16.4. The number of fused-ring (bicyclic) bond motifs is 5. The zero-order chi connectivity index (χ0) is 25.3. The van der Waals surface area contributed by atoms with Crippen LogP contribution in [0.5, 0.6) is 0 Å². The summed E-state index contributed by atoms with van der Waals surface area (Å²) in [6.07, 6.45) is 12.7. The van der Waals surface area contributed by atoms with Crippen LogP contribution >= 0.6 is 0 Å². The maximum atomic E-state index is 12.6. The molecule has 0 bridgehead atoms. The van der Waals surface area contributed by atoms with Gasteiger partial charge >= 0.3 is 5.97 Å². The first-order valence-electron chi connectivity index (χ1n) is 13.2. The molecule has 0 heterocycles. The van der Waals surface area contributed by atoms with Gasteiger partial charge in [0.25, 0.3) is 0 Å². The Labute approximate surface area is 205 Å². The summed E-state index contributed by atoms with van der Waals surface area (Å²) in [5, 5.41) is 19.9. The molecule has 34 heavy (non-hydrogen) atoms. The second-order valence-corrected chi connectivity index (χ2v) is 13.2. The van der Waals surface area contributed by atoms with Gasteiger partial charge in [-0.25, -0.2) is 4.79 Å². The van der Waals surface area contributed by atoms with Gasteiger partial charge in [-0.3, -0.25) is 4.79 Å². The highest BCUT2D eigenvalue weighted by Gasteiger charge is 2.61. The number of ketones is 1. The first-order chi connectivity index (χ1) is 15.7. The molecule has 2 fully saturated rings. The Morgan fingerprint density at radius 3 is 2.41 bits per heavy atom. The molecule has 4 aliphatic carbocycles. The summed E-state index contributed by atoms with van der Waals surface area (Å²) in [4.78, 5) is 23.8. The molecular formula is C30H44O4. The van der Waals surface area contributed by atoms with Gasteiger partial charge in [0.1, 0.15) is 0 Å². The first kappa shape index (κ1) is 25.4.